The molecule has 4 nitrogen and oxygen atoms in total. The molecule has 112 valence electrons. The van der Waals surface area contributed by atoms with E-state index in [0.717, 1.165) is 29.0 Å². The third-order valence-electron chi connectivity index (χ3n) is 4.18. The Labute approximate surface area is 127 Å². The molecule has 2 unspecified atom stereocenters. The lowest BCUT2D eigenvalue weighted by Crippen LogP contribution is -2.26. The number of hydrogen-bond donors (Lipinski definition) is 2. The SMILES string of the molecule is CSC1CCC(NCc2c(C(=O)O)oc3ccccc23)C1. The molecule has 1 aromatic carbocycles. The first kappa shape index (κ1) is 14.5. The Bertz CT molecular complexity index is 652. The lowest BCUT2D eigenvalue weighted by atomic mass is 10.1. The molecule has 1 saturated carbocycles. The number of thioether (sulfide) groups is 1. The summed E-state index contributed by atoms with van der Waals surface area (Å²) in [5.74, 6) is -0.945. The molecule has 3 rings (SSSR count). The average molecular weight is 305 g/mol. The van der Waals surface area contributed by atoms with E-state index in [9.17, 15) is 9.90 Å². The maximum atomic E-state index is 11.4. The van der Waals surface area contributed by atoms with Gasteiger partial charge in [-0.15, -0.1) is 0 Å². The zero-order valence-electron chi connectivity index (χ0n) is 12.0. The molecule has 1 aromatic heterocycles. The van der Waals surface area contributed by atoms with E-state index >= 15 is 0 Å². The maximum absolute atomic E-state index is 11.4. The molecule has 0 amide bonds. The van der Waals surface area contributed by atoms with Gasteiger partial charge in [0, 0.05) is 28.8 Å². The lowest BCUT2D eigenvalue weighted by molar-refractivity contribution is 0.0663. The number of carbonyl (C=O) groups is 1. The Balaban J connectivity index is 1.79. The number of furan rings is 1. The highest BCUT2D eigenvalue weighted by molar-refractivity contribution is 7.99. The van der Waals surface area contributed by atoms with E-state index in [1.54, 1.807) is 0 Å². The van der Waals surface area contributed by atoms with E-state index < -0.39 is 5.97 Å². The van der Waals surface area contributed by atoms with Gasteiger partial charge in [0.05, 0.1) is 0 Å². The van der Waals surface area contributed by atoms with Gasteiger partial charge in [-0.3, -0.25) is 0 Å². The average Bonchev–Trinajstić information content (AvgIpc) is 3.09. The Morgan fingerprint density at radius 2 is 2.24 bits per heavy atom. The van der Waals surface area contributed by atoms with Crippen molar-refractivity contribution >= 4 is 28.7 Å². The second-order valence-electron chi connectivity index (χ2n) is 5.46. The first-order valence-corrected chi connectivity index (χ1v) is 8.47. The fourth-order valence-corrected chi connectivity index (χ4v) is 3.83. The molecule has 2 aromatic rings. The molecule has 0 spiro atoms. The van der Waals surface area contributed by atoms with Crippen LogP contribution in [0.3, 0.4) is 0 Å². The van der Waals surface area contributed by atoms with Gasteiger partial charge in [0.25, 0.3) is 0 Å². The van der Waals surface area contributed by atoms with E-state index in [1.165, 1.54) is 6.42 Å². The predicted molar refractivity (Wildman–Crippen MR) is 85.0 cm³/mol. The van der Waals surface area contributed by atoms with Crippen molar-refractivity contribution in [3.05, 3.63) is 35.6 Å². The first-order valence-electron chi connectivity index (χ1n) is 7.19. The minimum atomic E-state index is -1.00. The van der Waals surface area contributed by atoms with Gasteiger partial charge in [0.2, 0.25) is 5.76 Å². The monoisotopic (exact) mass is 305 g/mol. The zero-order valence-corrected chi connectivity index (χ0v) is 12.8. The van der Waals surface area contributed by atoms with Crippen molar-refractivity contribution in [3.8, 4) is 0 Å². The van der Waals surface area contributed by atoms with E-state index in [-0.39, 0.29) is 5.76 Å². The van der Waals surface area contributed by atoms with E-state index in [1.807, 2.05) is 36.0 Å². The highest BCUT2D eigenvalue weighted by Gasteiger charge is 2.25. The fraction of sp³-hybridized carbons (Fsp3) is 0.438. The number of rotatable bonds is 5. The topological polar surface area (TPSA) is 62.5 Å². The summed E-state index contributed by atoms with van der Waals surface area (Å²) in [7, 11) is 0. The minimum Gasteiger partial charge on any atom is -0.475 e. The molecule has 1 fully saturated rings. The van der Waals surface area contributed by atoms with Crippen LogP contribution in [0.1, 0.15) is 35.4 Å². The molecule has 0 bridgehead atoms. The molecule has 0 aliphatic heterocycles. The summed E-state index contributed by atoms with van der Waals surface area (Å²) >= 11 is 1.92. The van der Waals surface area contributed by atoms with E-state index in [0.29, 0.717) is 18.2 Å². The van der Waals surface area contributed by atoms with Gasteiger partial charge in [0.1, 0.15) is 5.58 Å². The Hall–Kier alpha value is -1.46. The van der Waals surface area contributed by atoms with Crippen LogP contribution in [0.15, 0.2) is 28.7 Å². The highest BCUT2D eigenvalue weighted by Crippen LogP contribution is 2.30. The number of aromatic carboxylic acids is 1. The number of para-hydroxylation sites is 1. The van der Waals surface area contributed by atoms with Crippen LogP contribution >= 0.6 is 11.8 Å². The van der Waals surface area contributed by atoms with Gasteiger partial charge >= 0.3 is 5.97 Å². The second kappa shape index (κ2) is 6.12. The number of carboxylic acid groups (broad SMARTS) is 1. The van der Waals surface area contributed by atoms with Gasteiger partial charge in [-0.05, 0) is 31.6 Å². The van der Waals surface area contributed by atoms with Crippen molar-refractivity contribution in [2.75, 3.05) is 6.26 Å². The quantitative estimate of drug-likeness (QED) is 0.885. The summed E-state index contributed by atoms with van der Waals surface area (Å²) in [6.45, 7) is 0.546. The number of carboxylic acids is 1. The van der Waals surface area contributed by atoms with Crippen LogP contribution in [0, 0.1) is 0 Å². The standard InChI is InChI=1S/C16H19NO3S/c1-21-11-7-6-10(8-11)17-9-13-12-4-2-3-5-14(12)20-15(13)16(18)19/h2-5,10-11,17H,6-9H2,1H3,(H,18,19). The van der Waals surface area contributed by atoms with Crippen LogP contribution in [0.25, 0.3) is 11.0 Å². The summed E-state index contributed by atoms with van der Waals surface area (Å²) in [6, 6.07) is 7.96. The number of fused-ring (bicyclic) bond motifs is 1. The summed E-state index contributed by atoms with van der Waals surface area (Å²) in [5, 5.41) is 14.4. The molecule has 1 aliphatic carbocycles. The van der Waals surface area contributed by atoms with Crippen LogP contribution in [-0.4, -0.2) is 28.6 Å². The molecule has 1 heterocycles. The van der Waals surface area contributed by atoms with Gasteiger partial charge in [-0.25, -0.2) is 4.79 Å². The predicted octanol–water partition coefficient (Wildman–Crippen LogP) is 3.50. The van der Waals surface area contributed by atoms with Crippen molar-refractivity contribution < 1.29 is 14.3 Å². The molecule has 2 atom stereocenters. The minimum absolute atomic E-state index is 0.0584. The smallest absolute Gasteiger partial charge is 0.372 e. The molecule has 0 radical (unpaired) electrons. The summed E-state index contributed by atoms with van der Waals surface area (Å²) in [5.41, 5.74) is 1.39. The Morgan fingerprint density at radius 3 is 2.95 bits per heavy atom. The van der Waals surface area contributed by atoms with Crippen LogP contribution in [0.4, 0.5) is 0 Å². The van der Waals surface area contributed by atoms with Gasteiger partial charge in [-0.1, -0.05) is 18.2 Å². The normalized spacial score (nSPS) is 22.0. The first-order chi connectivity index (χ1) is 10.2. The summed E-state index contributed by atoms with van der Waals surface area (Å²) < 4.78 is 5.47. The van der Waals surface area contributed by atoms with Gasteiger partial charge in [0.15, 0.2) is 0 Å². The Kier molecular flexibility index (Phi) is 4.22. The van der Waals surface area contributed by atoms with Crippen molar-refractivity contribution in [1.82, 2.24) is 5.32 Å². The van der Waals surface area contributed by atoms with Crippen molar-refractivity contribution in [2.45, 2.75) is 37.1 Å². The lowest BCUT2D eigenvalue weighted by Gasteiger charge is -2.12. The largest absolute Gasteiger partial charge is 0.475 e. The molecule has 2 N–H and O–H groups in total. The highest BCUT2D eigenvalue weighted by atomic mass is 32.2. The van der Waals surface area contributed by atoms with Crippen molar-refractivity contribution in [1.29, 1.82) is 0 Å². The molecule has 5 heteroatoms. The van der Waals surface area contributed by atoms with Crippen LogP contribution in [0.5, 0.6) is 0 Å². The van der Waals surface area contributed by atoms with E-state index in [2.05, 4.69) is 11.6 Å². The number of hydrogen-bond acceptors (Lipinski definition) is 4. The summed E-state index contributed by atoms with van der Waals surface area (Å²) in [4.78, 5) is 11.4. The molecule has 21 heavy (non-hydrogen) atoms. The molecule has 1 aliphatic rings. The van der Waals surface area contributed by atoms with Crippen LogP contribution in [0.2, 0.25) is 0 Å². The Morgan fingerprint density at radius 1 is 1.43 bits per heavy atom. The van der Waals surface area contributed by atoms with Crippen LogP contribution < -0.4 is 5.32 Å². The van der Waals surface area contributed by atoms with Crippen LogP contribution in [-0.2, 0) is 6.54 Å². The summed E-state index contributed by atoms with van der Waals surface area (Å²) in [6.07, 6.45) is 5.69. The van der Waals surface area contributed by atoms with Gasteiger partial charge in [-0.2, -0.15) is 11.8 Å². The fourth-order valence-electron chi connectivity index (χ4n) is 3.03. The van der Waals surface area contributed by atoms with Crippen molar-refractivity contribution in [2.24, 2.45) is 0 Å². The molecular weight excluding hydrogens is 286 g/mol. The third kappa shape index (κ3) is 2.94. The number of benzene rings is 1. The van der Waals surface area contributed by atoms with Gasteiger partial charge < -0.3 is 14.8 Å². The third-order valence-corrected chi connectivity index (χ3v) is 5.27. The second-order valence-corrected chi connectivity index (χ2v) is 6.60. The number of nitrogens with one attached hydrogen (secondary N) is 1. The maximum Gasteiger partial charge on any atom is 0.372 e. The van der Waals surface area contributed by atoms with Crippen molar-refractivity contribution in [3.63, 3.8) is 0 Å². The molecule has 0 saturated heterocycles. The molecular formula is C16H19NO3S. The van der Waals surface area contributed by atoms with E-state index in [4.69, 9.17) is 4.42 Å². The zero-order chi connectivity index (χ0) is 14.8.